The van der Waals surface area contributed by atoms with Crippen LogP contribution >= 0.6 is 0 Å². The number of nitrogens with zero attached hydrogens (tertiary/aromatic N) is 1. The van der Waals surface area contributed by atoms with E-state index in [0.29, 0.717) is 0 Å². The third-order valence-electron chi connectivity index (χ3n) is 4.25. The maximum Gasteiger partial charge on any atom is 0.232 e. The summed E-state index contributed by atoms with van der Waals surface area (Å²) in [6.45, 7) is 5.58. The van der Waals surface area contributed by atoms with E-state index in [1.54, 1.807) is 6.07 Å². The molecule has 20 heavy (non-hydrogen) atoms. The molecular formula is C16H19FN2O. The van der Waals surface area contributed by atoms with Crippen LogP contribution < -0.4 is 0 Å². The first kappa shape index (κ1) is 13.2. The van der Waals surface area contributed by atoms with Gasteiger partial charge in [0.2, 0.25) is 5.91 Å². The van der Waals surface area contributed by atoms with Gasteiger partial charge in [-0.25, -0.2) is 4.39 Å². The van der Waals surface area contributed by atoms with Crippen molar-refractivity contribution in [2.45, 2.75) is 32.1 Å². The highest BCUT2D eigenvalue weighted by molar-refractivity contribution is 5.94. The predicted molar refractivity (Wildman–Crippen MR) is 77.1 cm³/mol. The first-order chi connectivity index (χ1) is 9.50. The SMILES string of the molecule is CC(C)(C(=O)N1CCCC1)c1c[nH]c2cc(F)ccc12. The van der Waals surface area contributed by atoms with Crippen LogP contribution in [-0.4, -0.2) is 28.9 Å². The summed E-state index contributed by atoms with van der Waals surface area (Å²) in [6.07, 6.45) is 4.00. The van der Waals surface area contributed by atoms with E-state index in [9.17, 15) is 9.18 Å². The molecule has 4 heteroatoms. The van der Waals surface area contributed by atoms with Crippen molar-refractivity contribution >= 4 is 16.8 Å². The van der Waals surface area contributed by atoms with Gasteiger partial charge in [0.25, 0.3) is 0 Å². The van der Waals surface area contributed by atoms with Gasteiger partial charge in [-0.3, -0.25) is 4.79 Å². The van der Waals surface area contributed by atoms with Gasteiger partial charge >= 0.3 is 0 Å². The maximum atomic E-state index is 13.3. The van der Waals surface area contributed by atoms with Crippen LogP contribution in [0.4, 0.5) is 4.39 Å². The molecule has 1 amide bonds. The molecule has 0 atom stereocenters. The van der Waals surface area contributed by atoms with E-state index in [0.717, 1.165) is 42.4 Å². The van der Waals surface area contributed by atoms with Crippen LogP contribution in [0.15, 0.2) is 24.4 Å². The molecule has 0 unspecified atom stereocenters. The van der Waals surface area contributed by atoms with Crippen LogP contribution in [0.5, 0.6) is 0 Å². The Balaban J connectivity index is 2.02. The number of amides is 1. The standard InChI is InChI=1S/C16H19FN2O/c1-16(2,15(20)19-7-3-4-8-19)13-10-18-14-9-11(17)5-6-12(13)14/h5-6,9-10,18H,3-4,7-8H2,1-2H3. The number of carbonyl (C=O) groups excluding carboxylic acids is 1. The van der Waals surface area contributed by atoms with E-state index < -0.39 is 5.41 Å². The summed E-state index contributed by atoms with van der Waals surface area (Å²) in [7, 11) is 0. The topological polar surface area (TPSA) is 36.1 Å². The normalized spacial score (nSPS) is 16.1. The third-order valence-corrected chi connectivity index (χ3v) is 4.25. The van der Waals surface area contributed by atoms with Crippen molar-refractivity contribution in [3.8, 4) is 0 Å². The van der Waals surface area contributed by atoms with E-state index in [1.165, 1.54) is 12.1 Å². The van der Waals surface area contributed by atoms with E-state index >= 15 is 0 Å². The number of aromatic amines is 1. The number of nitrogens with one attached hydrogen (secondary N) is 1. The van der Waals surface area contributed by atoms with Crippen molar-refractivity contribution in [2.75, 3.05) is 13.1 Å². The van der Waals surface area contributed by atoms with Gasteiger partial charge in [-0.05, 0) is 50.5 Å². The zero-order valence-corrected chi connectivity index (χ0v) is 11.9. The summed E-state index contributed by atoms with van der Waals surface area (Å²) >= 11 is 0. The van der Waals surface area contributed by atoms with Gasteiger partial charge in [-0.15, -0.1) is 0 Å². The molecule has 0 spiro atoms. The van der Waals surface area contributed by atoms with Crippen molar-refractivity contribution in [3.05, 3.63) is 35.8 Å². The molecule has 1 aromatic carbocycles. The minimum absolute atomic E-state index is 0.153. The Hall–Kier alpha value is -1.84. The fourth-order valence-corrected chi connectivity index (χ4v) is 3.05. The van der Waals surface area contributed by atoms with Gasteiger partial charge in [0, 0.05) is 30.2 Å². The van der Waals surface area contributed by atoms with Gasteiger partial charge in [-0.2, -0.15) is 0 Å². The van der Waals surface area contributed by atoms with Crippen molar-refractivity contribution in [2.24, 2.45) is 0 Å². The Morgan fingerprint density at radius 3 is 2.70 bits per heavy atom. The van der Waals surface area contributed by atoms with E-state index in [4.69, 9.17) is 0 Å². The van der Waals surface area contributed by atoms with Gasteiger partial charge in [0.1, 0.15) is 5.82 Å². The monoisotopic (exact) mass is 274 g/mol. The molecule has 0 saturated carbocycles. The molecule has 106 valence electrons. The van der Waals surface area contributed by atoms with Crippen LogP contribution in [0, 0.1) is 5.82 Å². The number of fused-ring (bicyclic) bond motifs is 1. The molecule has 1 aliphatic rings. The van der Waals surface area contributed by atoms with E-state index in [2.05, 4.69) is 4.98 Å². The molecule has 0 bridgehead atoms. The third kappa shape index (κ3) is 1.99. The summed E-state index contributed by atoms with van der Waals surface area (Å²) in [6, 6.07) is 4.65. The molecule has 1 fully saturated rings. The second-order valence-corrected chi connectivity index (χ2v) is 6.02. The van der Waals surface area contributed by atoms with E-state index in [-0.39, 0.29) is 11.7 Å². The van der Waals surface area contributed by atoms with Crippen LogP contribution in [-0.2, 0) is 10.2 Å². The number of benzene rings is 1. The van der Waals surface area contributed by atoms with Crippen molar-refractivity contribution in [1.82, 2.24) is 9.88 Å². The molecule has 1 N–H and O–H groups in total. The number of hydrogen-bond donors (Lipinski definition) is 1. The number of halogens is 1. The van der Waals surface area contributed by atoms with Crippen molar-refractivity contribution < 1.29 is 9.18 Å². The first-order valence-electron chi connectivity index (χ1n) is 7.06. The minimum atomic E-state index is -0.597. The Morgan fingerprint density at radius 1 is 1.30 bits per heavy atom. The fourth-order valence-electron chi connectivity index (χ4n) is 3.05. The summed E-state index contributed by atoms with van der Waals surface area (Å²) in [5.74, 6) is -0.116. The molecule has 1 saturated heterocycles. The number of aromatic nitrogens is 1. The Kier molecular flexibility index (Phi) is 3.04. The van der Waals surface area contributed by atoms with Crippen LogP contribution in [0.2, 0.25) is 0 Å². The zero-order chi connectivity index (χ0) is 14.3. The van der Waals surface area contributed by atoms with Crippen molar-refractivity contribution in [3.63, 3.8) is 0 Å². The van der Waals surface area contributed by atoms with Gasteiger partial charge < -0.3 is 9.88 Å². The lowest BCUT2D eigenvalue weighted by Gasteiger charge is -2.29. The lowest BCUT2D eigenvalue weighted by atomic mass is 9.83. The van der Waals surface area contributed by atoms with Crippen molar-refractivity contribution in [1.29, 1.82) is 0 Å². The Labute approximate surface area is 117 Å². The predicted octanol–water partition coefficient (Wildman–Crippen LogP) is 3.21. The van der Waals surface area contributed by atoms with Crippen LogP contribution in [0.1, 0.15) is 32.3 Å². The number of hydrogen-bond acceptors (Lipinski definition) is 1. The average molecular weight is 274 g/mol. The van der Waals surface area contributed by atoms with E-state index in [1.807, 2.05) is 24.9 Å². The number of carbonyl (C=O) groups is 1. The summed E-state index contributed by atoms with van der Waals surface area (Å²) in [5, 5.41) is 0.920. The summed E-state index contributed by atoms with van der Waals surface area (Å²) in [4.78, 5) is 17.7. The smallest absolute Gasteiger partial charge is 0.232 e. The van der Waals surface area contributed by atoms with Gasteiger partial charge in [-0.1, -0.05) is 0 Å². The second-order valence-electron chi connectivity index (χ2n) is 6.02. The zero-order valence-electron chi connectivity index (χ0n) is 11.9. The highest BCUT2D eigenvalue weighted by Crippen LogP contribution is 2.33. The highest BCUT2D eigenvalue weighted by atomic mass is 19.1. The molecule has 3 nitrogen and oxygen atoms in total. The highest BCUT2D eigenvalue weighted by Gasteiger charge is 2.36. The number of rotatable bonds is 2. The molecule has 1 aliphatic heterocycles. The van der Waals surface area contributed by atoms with Gasteiger partial charge in [0.05, 0.1) is 5.41 Å². The summed E-state index contributed by atoms with van der Waals surface area (Å²) < 4.78 is 13.3. The van der Waals surface area contributed by atoms with Crippen LogP contribution in [0.3, 0.4) is 0 Å². The lowest BCUT2D eigenvalue weighted by Crippen LogP contribution is -2.41. The second kappa shape index (κ2) is 4.62. The van der Waals surface area contributed by atoms with Crippen LogP contribution in [0.25, 0.3) is 10.9 Å². The Bertz CT molecular complexity index is 654. The molecule has 3 rings (SSSR count). The first-order valence-corrected chi connectivity index (χ1v) is 7.06. The summed E-state index contributed by atoms with van der Waals surface area (Å²) in [5.41, 5.74) is 1.08. The minimum Gasteiger partial charge on any atom is -0.361 e. The molecule has 2 aromatic rings. The maximum absolute atomic E-state index is 13.3. The molecular weight excluding hydrogens is 255 g/mol. The number of H-pyrrole nitrogens is 1. The average Bonchev–Trinajstić information content (AvgIpc) is 3.06. The fraction of sp³-hybridized carbons (Fsp3) is 0.438. The lowest BCUT2D eigenvalue weighted by molar-refractivity contribution is -0.135. The van der Waals surface area contributed by atoms with Gasteiger partial charge in [0.15, 0.2) is 0 Å². The molecule has 2 heterocycles. The Morgan fingerprint density at radius 2 is 2.00 bits per heavy atom. The number of likely N-dealkylation sites (tertiary alicyclic amines) is 1. The molecule has 0 aliphatic carbocycles. The molecule has 1 aromatic heterocycles. The molecule has 0 radical (unpaired) electrons. The quantitative estimate of drug-likeness (QED) is 0.897. The largest absolute Gasteiger partial charge is 0.361 e.